The third kappa shape index (κ3) is 6.18. The van der Waals surface area contributed by atoms with Gasteiger partial charge in [0.15, 0.2) is 11.5 Å². The number of rotatable bonds is 8. The smallest absolute Gasteiger partial charge is 0.340 e. The molecule has 0 amide bonds. The fourth-order valence-corrected chi connectivity index (χ4v) is 3.97. The Morgan fingerprint density at radius 3 is 2.58 bits per heavy atom. The van der Waals surface area contributed by atoms with Crippen molar-refractivity contribution in [2.45, 2.75) is 13.5 Å². The topological polar surface area (TPSA) is 69.3 Å². The van der Waals surface area contributed by atoms with Crippen LogP contribution in [0.15, 0.2) is 34.8 Å². The zero-order valence-corrected chi connectivity index (χ0v) is 20.3. The Balaban J connectivity index is 0.00000341. The van der Waals surface area contributed by atoms with Gasteiger partial charge in [-0.2, -0.15) is 0 Å². The second-order valence-electron chi connectivity index (χ2n) is 6.72. The molecule has 0 saturated carbocycles. The van der Waals surface area contributed by atoms with Gasteiger partial charge >= 0.3 is 5.97 Å². The van der Waals surface area contributed by atoms with Gasteiger partial charge in [-0.3, -0.25) is 0 Å². The average molecular weight is 516 g/mol. The number of morpholine rings is 1. The number of ether oxygens (including phenoxy) is 4. The number of esters is 1. The summed E-state index contributed by atoms with van der Waals surface area (Å²) in [4.78, 5) is 14.5. The molecule has 0 bridgehead atoms. The Hall–Kier alpha value is -2.16. The maximum Gasteiger partial charge on any atom is 0.340 e. The Kier molecular flexibility index (Phi) is 9.74. The van der Waals surface area contributed by atoms with Gasteiger partial charge < -0.3 is 29.2 Å². The summed E-state index contributed by atoms with van der Waals surface area (Å²) >= 11 is 3.55. The van der Waals surface area contributed by atoms with E-state index in [9.17, 15) is 4.79 Å². The highest BCUT2D eigenvalue weighted by Gasteiger charge is 2.20. The fraction of sp³-hybridized carbons (Fsp3) is 0.409. The molecule has 0 unspecified atom stereocenters. The molecule has 31 heavy (non-hydrogen) atoms. The lowest BCUT2D eigenvalue weighted by atomic mass is 10.1. The summed E-state index contributed by atoms with van der Waals surface area (Å²) in [7, 11) is 3.02. The summed E-state index contributed by atoms with van der Waals surface area (Å²) in [5.41, 5.74) is 3.24. The first-order valence-electron chi connectivity index (χ1n) is 9.85. The van der Waals surface area contributed by atoms with Crippen molar-refractivity contribution in [3.8, 4) is 11.5 Å². The van der Waals surface area contributed by atoms with E-state index >= 15 is 0 Å². The minimum absolute atomic E-state index is 0. The van der Waals surface area contributed by atoms with E-state index in [2.05, 4.69) is 26.1 Å². The van der Waals surface area contributed by atoms with Crippen LogP contribution in [0.4, 0.5) is 11.4 Å². The summed E-state index contributed by atoms with van der Waals surface area (Å²) in [6.45, 7) is 5.83. The van der Waals surface area contributed by atoms with Crippen LogP contribution in [0.25, 0.3) is 0 Å². The minimum atomic E-state index is -0.356. The first-order valence-corrected chi connectivity index (χ1v) is 10.6. The van der Waals surface area contributed by atoms with Crippen LogP contribution < -0.4 is 19.7 Å². The van der Waals surface area contributed by atoms with E-state index in [-0.39, 0.29) is 18.4 Å². The highest BCUT2D eigenvalue weighted by atomic mass is 79.9. The van der Waals surface area contributed by atoms with E-state index in [4.69, 9.17) is 18.9 Å². The molecule has 1 saturated heterocycles. The molecule has 3 rings (SSSR count). The molecule has 0 radical (unpaired) electrons. The molecular weight excluding hydrogens is 488 g/mol. The molecule has 1 heterocycles. The molecule has 7 nitrogen and oxygen atoms in total. The summed E-state index contributed by atoms with van der Waals surface area (Å²) in [6, 6.07) is 9.68. The number of benzene rings is 2. The molecule has 1 N–H and O–H groups in total. The number of nitrogens with zero attached hydrogens (tertiary/aromatic N) is 1. The maximum atomic E-state index is 12.4. The van der Waals surface area contributed by atoms with Crippen LogP contribution in [0.1, 0.15) is 22.8 Å². The van der Waals surface area contributed by atoms with Crippen LogP contribution >= 0.6 is 28.3 Å². The number of nitrogens with one attached hydrogen (secondary N) is 1. The van der Waals surface area contributed by atoms with Gasteiger partial charge in [0.1, 0.15) is 0 Å². The van der Waals surface area contributed by atoms with Crippen molar-refractivity contribution >= 4 is 45.7 Å². The van der Waals surface area contributed by atoms with Crippen LogP contribution in [0, 0.1) is 0 Å². The fourth-order valence-electron chi connectivity index (χ4n) is 3.36. The second-order valence-corrected chi connectivity index (χ2v) is 7.57. The first kappa shape index (κ1) is 25.1. The van der Waals surface area contributed by atoms with E-state index < -0.39 is 0 Å². The molecule has 0 spiro atoms. The quantitative estimate of drug-likeness (QED) is 0.519. The SMILES string of the molecule is CCOc1c(Br)cc(CNc2ccc(N3CCOCC3)c(C(=O)OC)c2)cc1OC.Cl. The van der Waals surface area contributed by atoms with Gasteiger partial charge in [0.25, 0.3) is 0 Å². The molecule has 1 fully saturated rings. The molecule has 1 aliphatic heterocycles. The van der Waals surface area contributed by atoms with E-state index in [0.717, 1.165) is 34.5 Å². The third-order valence-electron chi connectivity index (χ3n) is 4.83. The third-order valence-corrected chi connectivity index (χ3v) is 5.42. The highest BCUT2D eigenvalue weighted by molar-refractivity contribution is 9.10. The number of carbonyl (C=O) groups excluding carboxylic acids is 1. The molecule has 2 aromatic carbocycles. The molecule has 0 aliphatic carbocycles. The maximum absolute atomic E-state index is 12.4. The largest absolute Gasteiger partial charge is 0.493 e. The zero-order valence-electron chi connectivity index (χ0n) is 17.9. The van der Waals surface area contributed by atoms with Gasteiger partial charge in [-0.05, 0) is 58.7 Å². The van der Waals surface area contributed by atoms with Crippen molar-refractivity contribution in [2.24, 2.45) is 0 Å². The van der Waals surface area contributed by atoms with Crippen LogP contribution in [-0.4, -0.2) is 53.1 Å². The monoisotopic (exact) mass is 514 g/mol. The van der Waals surface area contributed by atoms with Crippen molar-refractivity contribution in [1.82, 2.24) is 0 Å². The number of hydrogen-bond acceptors (Lipinski definition) is 7. The Morgan fingerprint density at radius 1 is 1.19 bits per heavy atom. The number of halogens is 2. The Labute approximate surface area is 197 Å². The van der Waals surface area contributed by atoms with Crippen LogP contribution in [-0.2, 0) is 16.0 Å². The molecule has 0 atom stereocenters. The van der Waals surface area contributed by atoms with Gasteiger partial charge in [0.2, 0.25) is 0 Å². The lowest BCUT2D eigenvalue weighted by molar-refractivity contribution is 0.0600. The minimum Gasteiger partial charge on any atom is -0.493 e. The molecule has 1 aliphatic rings. The first-order chi connectivity index (χ1) is 14.6. The standard InChI is InChI=1S/C22H27BrN2O5.ClH/c1-4-30-21-18(23)11-15(12-20(21)27-2)14-24-16-5-6-19(17(13-16)22(26)28-3)25-7-9-29-10-8-25;/h5-6,11-13,24H,4,7-10,14H2,1-3H3;1H. The van der Waals surface area contributed by atoms with Crippen molar-refractivity contribution < 1.29 is 23.7 Å². The van der Waals surface area contributed by atoms with Crippen molar-refractivity contribution in [3.63, 3.8) is 0 Å². The number of methoxy groups -OCH3 is 2. The number of carbonyl (C=O) groups is 1. The van der Waals surface area contributed by atoms with Crippen molar-refractivity contribution in [3.05, 3.63) is 45.9 Å². The van der Waals surface area contributed by atoms with E-state index in [1.54, 1.807) is 7.11 Å². The molecular formula is C22H28BrClN2O5. The van der Waals surface area contributed by atoms with Gasteiger partial charge in [0.05, 0.1) is 49.8 Å². The Morgan fingerprint density at radius 2 is 1.94 bits per heavy atom. The molecule has 0 aromatic heterocycles. The van der Waals surface area contributed by atoms with Gasteiger partial charge in [-0.1, -0.05) is 0 Å². The van der Waals surface area contributed by atoms with Gasteiger partial charge in [-0.15, -0.1) is 12.4 Å². The molecule has 170 valence electrons. The summed E-state index contributed by atoms with van der Waals surface area (Å²) in [5.74, 6) is 0.998. The highest BCUT2D eigenvalue weighted by Crippen LogP contribution is 2.37. The second kappa shape index (κ2) is 12.0. The lowest BCUT2D eigenvalue weighted by Gasteiger charge is -2.30. The van der Waals surface area contributed by atoms with E-state index in [0.29, 0.717) is 43.4 Å². The van der Waals surface area contributed by atoms with Crippen molar-refractivity contribution in [1.29, 1.82) is 0 Å². The zero-order chi connectivity index (χ0) is 21.5. The van der Waals surface area contributed by atoms with E-state index in [1.807, 2.05) is 37.3 Å². The number of anilines is 2. The predicted molar refractivity (Wildman–Crippen MR) is 127 cm³/mol. The Bertz CT molecular complexity index is 890. The van der Waals surface area contributed by atoms with Crippen LogP contribution in [0.2, 0.25) is 0 Å². The van der Waals surface area contributed by atoms with Crippen LogP contribution in [0.3, 0.4) is 0 Å². The predicted octanol–water partition coefficient (Wildman–Crippen LogP) is 4.51. The number of hydrogen-bond donors (Lipinski definition) is 1. The van der Waals surface area contributed by atoms with Gasteiger partial charge in [-0.25, -0.2) is 4.79 Å². The average Bonchev–Trinajstić information content (AvgIpc) is 2.79. The van der Waals surface area contributed by atoms with Crippen molar-refractivity contribution in [2.75, 3.05) is 57.3 Å². The van der Waals surface area contributed by atoms with Gasteiger partial charge in [0, 0.05) is 25.3 Å². The summed E-state index contributed by atoms with van der Waals surface area (Å²) < 4.78 is 22.4. The summed E-state index contributed by atoms with van der Waals surface area (Å²) in [5, 5.41) is 3.37. The molecule has 2 aromatic rings. The summed E-state index contributed by atoms with van der Waals surface area (Å²) in [6.07, 6.45) is 0. The van der Waals surface area contributed by atoms with E-state index in [1.165, 1.54) is 7.11 Å². The lowest BCUT2D eigenvalue weighted by Crippen LogP contribution is -2.37. The van der Waals surface area contributed by atoms with Crippen LogP contribution in [0.5, 0.6) is 11.5 Å². The normalized spacial score (nSPS) is 13.2. The molecule has 9 heteroatoms.